The second-order valence-electron chi connectivity index (χ2n) is 2.78. The zero-order valence-corrected chi connectivity index (χ0v) is 9.07. The Hall–Kier alpha value is -1.83. The SMILES string of the molecule is COC(=O)c1c([N+](=O)[O-])cc(C(F)F)nc1Cl. The van der Waals surface area contributed by atoms with Crippen molar-refractivity contribution in [2.45, 2.75) is 6.43 Å². The van der Waals surface area contributed by atoms with Crippen LogP contribution in [0.4, 0.5) is 14.5 Å². The summed E-state index contributed by atoms with van der Waals surface area (Å²) >= 11 is 5.45. The Bertz CT molecular complexity index is 481. The summed E-state index contributed by atoms with van der Waals surface area (Å²) in [5.74, 6) is -1.12. The fourth-order valence-electron chi connectivity index (χ4n) is 1.07. The maximum atomic E-state index is 12.3. The van der Waals surface area contributed by atoms with Crippen LogP contribution in [0.3, 0.4) is 0 Å². The van der Waals surface area contributed by atoms with Crippen LogP contribution in [0.2, 0.25) is 5.15 Å². The van der Waals surface area contributed by atoms with Gasteiger partial charge in [0.25, 0.3) is 12.1 Å². The van der Waals surface area contributed by atoms with Crippen molar-refractivity contribution in [3.05, 3.63) is 32.6 Å². The molecule has 0 atom stereocenters. The first-order valence-corrected chi connectivity index (χ1v) is 4.47. The standard InChI is InChI=1S/C8H5ClF2N2O4/c1-17-8(14)5-4(13(15)16)2-3(7(10)11)12-6(5)9/h2,7H,1H3. The van der Waals surface area contributed by atoms with E-state index in [4.69, 9.17) is 11.6 Å². The van der Waals surface area contributed by atoms with Gasteiger partial charge in [0.1, 0.15) is 5.69 Å². The summed E-state index contributed by atoms with van der Waals surface area (Å²) in [7, 11) is 0.976. The van der Waals surface area contributed by atoms with Crippen LogP contribution in [0, 0.1) is 10.1 Å². The summed E-state index contributed by atoms with van der Waals surface area (Å²) in [5, 5.41) is 9.94. The van der Waals surface area contributed by atoms with Crippen LogP contribution < -0.4 is 0 Å². The number of carbonyl (C=O) groups is 1. The van der Waals surface area contributed by atoms with Gasteiger partial charge in [0, 0.05) is 6.07 Å². The van der Waals surface area contributed by atoms with Gasteiger partial charge < -0.3 is 4.74 Å². The number of aromatic nitrogens is 1. The number of methoxy groups -OCH3 is 1. The van der Waals surface area contributed by atoms with Gasteiger partial charge in [-0.05, 0) is 0 Å². The Morgan fingerprint density at radius 3 is 2.65 bits per heavy atom. The fraction of sp³-hybridized carbons (Fsp3) is 0.250. The smallest absolute Gasteiger partial charge is 0.348 e. The van der Waals surface area contributed by atoms with E-state index in [1.807, 2.05) is 0 Å². The summed E-state index contributed by atoms with van der Waals surface area (Å²) in [6.07, 6.45) is -3.03. The third-order valence-corrected chi connectivity index (χ3v) is 2.06. The first-order chi connectivity index (χ1) is 7.88. The van der Waals surface area contributed by atoms with Crippen LogP contribution in [0.1, 0.15) is 22.5 Å². The van der Waals surface area contributed by atoms with Crippen molar-refractivity contribution < 1.29 is 23.2 Å². The van der Waals surface area contributed by atoms with Gasteiger partial charge in [0.15, 0.2) is 10.7 Å². The van der Waals surface area contributed by atoms with Crippen LogP contribution in [0.15, 0.2) is 6.07 Å². The van der Waals surface area contributed by atoms with E-state index in [0.29, 0.717) is 6.07 Å². The average Bonchev–Trinajstić information content (AvgIpc) is 2.26. The van der Waals surface area contributed by atoms with Crippen molar-refractivity contribution in [1.82, 2.24) is 4.98 Å². The van der Waals surface area contributed by atoms with E-state index >= 15 is 0 Å². The molecule has 0 radical (unpaired) electrons. The third-order valence-electron chi connectivity index (χ3n) is 1.78. The molecular formula is C8H5ClF2N2O4. The van der Waals surface area contributed by atoms with Gasteiger partial charge in [-0.2, -0.15) is 0 Å². The highest BCUT2D eigenvalue weighted by Gasteiger charge is 2.28. The predicted octanol–water partition coefficient (Wildman–Crippen LogP) is 2.37. The van der Waals surface area contributed by atoms with E-state index in [-0.39, 0.29) is 0 Å². The van der Waals surface area contributed by atoms with Crippen molar-refractivity contribution in [1.29, 1.82) is 0 Å². The molecule has 0 saturated heterocycles. The van der Waals surface area contributed by atoms with E-state index in [2.05, 4.69) is 9.72 Å². The van der Waals surface area contributed by atoms with E-state index in [0.717, 1.165) is 7.11 Å². The molecule has 0 aliphatic carbocycles. The summed E-state index contributed by atoms with van der Waals surface area (Å²) in [5.41, 5.74) is -2.40. The van der Waals surface area contributed by atoms with Crippen molar-refractivity contribution in [2.75, 3.05) is 7.11 Å². The topological polar surface area (TPSA) is 82.3 Å². The van der Waals surface area contributed by atoms with Gasteiger partial charge in [0.05, 0.1) is 12.0 Å². The first-order valence-electron chi connectivity index (χ1n) is 4.09. The lowest BCUT2D eigenvalue weighted by Crippen LogP contribution is -2.09. The number of nitrogens with zero attached hydrogens (tertiary/aromatic N) is 2. The third kappa shape index (κ3) is 2.64. The minimum Gasteiger partial charge on any atom is -0.465 e. The number of alkyl halides is 2. The number of hydrogen-bond donors (Lipinski definition) is 0. The largest absolute Gasteiger partial charge is 0.465 e. The molecule has 0 bridgehead atoms. The average molecular weight is 267 g/mol. The van der Waals surface area contributed by atoms with Gasteiger partial charge >= 0.3 is 5.97 Å². The number of pyridine rings is 1. The molecule has 92 valence electrons. The lowest BCUT2D eigenvalue weighted by atomic mass is 10.2. The maximum Gasteiger partial charge on any atom is 0.348 e. The molecule has 0 amide bonds. The quantitative estimate of drug-likeness (QED) is 0.363. The highest BCUT2D eigenvalue weighted by molar-refractivity contribution is 6.33. The monoisotopic (exact) mass is 266 g/mol. The number of hydrogen-bond acceptors (Lipinski definition) is 5. The van der Waals surface area contributed by atoms with Crippen LogP contribution >= 0.6 is 11.6 Å². The number of halogens is 3. The second kappa shape index (κ2) is 5.00. The lowest BCUT2D eigenvalue weighted by Gasteiger charge is -2.05. The van der Waals surface area contributed by atoms with Gasteiger partial charge in [0.2, 0.25) is 0 Å². The number of nitro groups is 1. The van der Waals surface area contributed by atoms with Gasteiger partial charge in [-0.15, -0.1) is 0 Å². The Morgan fingerprint density at radius 2 is 2.24 bits per heavy atom. The Morgan fingerprint density at radius 1 is 1.65 bits per heavy atom. The van der Waals surface area contributed by atoms with Crippen LogP contribution in [0.5, 0.6) is 0 Å². The zero-order chi connectivity index (χ0) is 13.2. The minimum absolute atomic E-state index is 0.489. The molecule has 1 heterocycles. The molecule has 9 heteroatoms. The van der Waals surface area contributed by atoms with E-state index < -0.39 is 39.4 Å². The molecule has 0 spiro atoms. The number of esters is 1. The van der Waals surface area contributed by atoms with Crippen LogP contribution in [-0.2, 0) is 4.74 Å². The van der Waals surface area contributed by atoms with Crippen molar-refractivity contribution in [3.63, 3.8) is 0 Å². The number of rotatable bonds is 3. The Kier molecular flexibility index (Phi) is 3.89. The van der Waals surface area contributed by atoms with E-state index in [9.17, 15) is 23.7 Å². The summed E-state index contributed by atoms with van der Waals surface area (Å²) < 4.78 is 28.9. The van der Waals surface area contributed by atoms with E-state index in [1.54, 1.807) is 0 Å². The molecule has 0 saturated carbocycles. The molecule has 0 aliphatic heterocycles. The van der Waals surface area contributed by atoms with E-state index in [1.165, 1.54) is 0 Å². The molecule has 0 unspecified atom stereocenters. The second-order valence-corrected chi connectivity index (χ2v) is 3.14. The van der Waals surface area contributed by atoms with Gasteiger partial charge in [-0.3, -0.25) is 10.1 Å². The van der Waals surface area contributed by atoms with Gasteiger partial charge in [-0.25, -0.2) is 18.6 Å². The summed E-state index contributed by atoms with van der Waals surface area (Å²) in [6.45, 7) is 0. The fourth-order valence-corrected chi connectivity index (χ4v) is 1.34. The molecule has 0 fully saturated rings. The molecule has 0 aliphatic rings. The molecule has 1 aromatic rings. The zero-order valence-electron chi connectivity index (χ0n) is 8.32. The molecule has 0 N–H and O–H groups in total. The molecule has 1 rings (SSSR count). The predicted molar refractivity (Wildman–Crippen MR) is 52.2 cm³/mol. The van der Waals surface area contributed by atoms with Crippen LogP contribution in [-0.4, -0.2) is 23.0 Å². The Labute approximate surface area is 98.3 Å². The van der Waals surface area contributed by atoms with Crippen molar-refractivity contribution in [2.24, 2.45) is 0 Å². The van der Waals surface area contributed by atoms with Crippen LogP contribution in [0.25, 0.3) is 0 Å². The Balaban J connectivity index is 3.49. The number of carbonyl (C=O) groups excluding carboxylic acids is 1. The molecule has 6 nitrogen and oxygen atoms in total. The minimum atomic E-state index is -3.03. The summed E-state index contributed by atoms with van der Waals surface area (Å²) in [6, 6.07) is 0.489. The molecule has 1 aromatic heterocycles. The first kappa shape index (κ1) is 13.2. The molecule has 17 heavy (non-hydrogen) atoms. The lowest BCUT2D eigenvalue weighted by molar-refractivity contribution is -0.385. The molecule has 0 aromatic carbocycles. The van der Waals surface area contributed by atoms with Gasteiger partial charge in [-0.1, -0.05) is 11.6 Å². The number of ether oxygens (including phenoxy) is 1. The highest BCUT2D eigenvalue weighted by Crippen LogP contribution is 2.30. The van der Waals surface area contributed by atoms with Crippen molar-refractivity contribution in [3.8, 4) is 0 Å². The molecular weight excluding hydrogens is 262 g/mol. The summed E-state index contributed by atoms with van der Waals surface area (Å²) in [4.78, 5) is 24.0. The maximum absolute atomic E-state index is 12.3. The normalized spacial score (nSPS) is 10.4. The highest BCUT2D eigenvalue weighted by atomic mass is 35.5. The van der Waals surface area contributed by atoms with Crippen molar-refractivity contribution >= 4 is 23.3 Å².